The molecule has 0 aliphatic carbocycles. The second-order valence-corrected chi connectivity index (χ2v) is 11.0. The quantitative estimate of drug-likeness (QED) is 0.358. The van der Waals surface area contributed by atoms with Crippen LogP contribution in [0, 0.1) is 5.92 Å². The third kappa shape index (κ3) is 6.66. The summed E-state index contributed by atoms with van der Waals surface area (Å²) >= 11 is -0.552. The number of aromatic nitrogens is 1. The molecule has 1 nitrogen and oxygen atoms in total. The summed E-state index contributed by atoms with van der Waals surface area (Å²) in [6.07, 6.45) is 6.91. The highest BCUT2D eigenvalue weighted by Crippen LogP contribution is 2.17. The molecule has 0 aliphatic heterocycles. The fourth-order valence-corrected chi connectivity index (χ4v) is 5.99. The minimum Gasteiger partial charge on any atom is -0.253 e. The van der Waals surface area contributed by atoms with Gasteiger partial charge in [0.25, 0.3) is 14.1 Å². The maximum Gasteiger partial charge on any atom is 0.261 e. The average Bonchev–Trinajstić information content (AvgIpc) is 2.57. The monoisotopic (exact) mass is 325 g/mol. The molecule has 1 aromatic carbocycles. The molecule has 0 fully saturated rings. The van der Waals surface area contributed by atoms with E-state index in [1.165, 1.54) is 59.0 Å². The molecule has 0 saturated heterocycles. The Hall–Kier alpha value is -0.838. The maximum atomic E-state index is 4.83. The summed E-state index contributed by atoms with van der Waals surface area (Å²) in [5, 5.41) is 5.65. The molecule has 0 N–H and O–H groups in total. The van der Waals surface area contributed by atoms with E-state index in [-0.39, 0.29) is 0 Å². The number of rotatable bonds is 10. The molecule has 2 aromatic rings. The van der Waals surface area contributed by atoms with Gasteiger partial charge in [-0.1, -0.05) is 86.6 Å². The Balaban J connectivity index is 1.75. The van der Waals surface area contributed by atoms with Crippen LogP contribution in [-0.4, -0.2) is 19.1 Å². The van der Waals surface area contributed by atoms with E-state index >= 15 is 0 Å². The number of fused-ring (bicyclic) bond motifs is 1. The van der Waals surface area contributed by atoms with E-state index in [4.69, 9.17) is 4.98 Å². The lowest BCUT2D eigenvalue weighted by Crippen LogP contribution is -2.12. The van der Waals surface area contributed by atoms with Crippen LogP contribution >= 0.6 is 0 Å². The van der Waals surface area contributed by atoms with Crippen molar-refractivity contribution in [1.82, 2.24) is 4.98 Å². The summed E-state index contributed by atoms with van der Waals surface area (Å²) in [5.41, 5.74) is 2.43. The van der Waals surface area contributed by atoms with E-state index in [2.05, 4.69) is 57.2 Å². The number of pyridine rings is 1. The summed E-state index contributed by atoms with van der Waals surface area (Å²) in [6, 6.07) is 12.9. The van der Waals surface area contributed by atoms with Crippen LogP contribution in [0.15, 0.2) is 36.4 Å². The van der Waals surface area contributed by atoms with Gasteiger partial charge in [0.2, 0.25) is 0 Å². The minimum absolute atomic E-state index is 0.552. The van der Waals surface area contributed by atoms with Crippen LogP contribution in [0.5, 0.6) is 0 Å². The lowest BCUT2D eigenvalue weighted by molar-refractivity contribution is 0.534. The van der Waals surface area contributed by atoms with Crippen molar-refractivity contribution >= 4 is 25.1 Å². The van der Waals surface area contributed by atoms with E-state index in [1.807, 2.05) is 0 Å². The number of hydrogen-bond acceptors (Lipinski definition) is 1. The molecule has 0 bridgehead atoms. The van der Waals surface area contributed by atoms with Gasteiger partial charge in [-0.25, -0.2) is 0 Å². The van der Waals surface area contributed by atoms with Crippen molar-refractivity contribution in [3.63, 3.8) is 0 Å². The van der Waals surface area contributed by atoms with Crippen LogP contribution in [0.25, 0.3) is 10.9 Å². The Bertz CT molecular complexity index is 579. The molecule has 0 saturated carbocycles. The van der Waals surface area contributed by atoms with Crippen LogP contribution in [0.3, 0.4) is 0 Å². The first kappa shape index (κ1) is 18.5. The zero-order valence-electron chi connectivity index (χ0n) is 15.2. The lowest BCUT2D eigenvalue weighted by Gasteiger charge is -2.10. The van der Waals surface area contributed by atoms with Gasteiger partial charge in [0.1, 0.15) is 0 Å². The second-order valence-electron chi connectivity index (χ2n) is 7.34. The van der Waals surface area contributed by atoms with Crippen molar-refractivity contribution < 1.29 is 0 Å². The zero-order valence-corrected chi connectivity index (χ0v) is 16.4. The molecule has 124 valence electrons. The van der Waals surface area contributed by atoms with E-state index in [1.54, 1.807) is 0 Å². The fraction of sp³-hybridized carbons (Fsp3) is 0.571. The van der Waals surface area contributed by atoms with E-state index in [9.17, 15) is 0 Å². The Morgan fingerprint density at radius 2 is 1.78 bits per heavy atom. The van der Waals surface area contributed by atoms with Gasteiger partial charge in [0, 0.05) is 11.1 Å². The number of para-hydroxylation sites is 1. The maximum absolute atomic E-state index is 4.83. The largest absolute Gasteiger partial charge is 0.261 e. The average molecular weight is 325 g/mol. The predicted octanol–water partition coefficient (Wildman–Crippen LogP) is 6.51. The molecule has 2 rings (SSSR count). The number of benzene rings is 1. The number of nitrogens with zero attached hydrogens (tertiary/aromatic N) is 1. The Morgan fingerprint density at radius 1 is 0.957 bits per heavy atom. The summed E-state index contributed by atoms with van der Waals surface area (Å²) in [6.45, 7) is 7.07. The van der Waals surface area contributed by atoms with Gasteiger partial charge in [-0.2, -0.15) is 0 Å². The first-order chi connectivity index (χ1) is 11.2. The van der Waals surface area contributed by atoms with Crippen molar-refractivity contribution in [3.05, 3.63) is 42.1 Å². The molecule has 0 unspecified atom stereocenters. The predicted molar refractivity (Wildman–Crippen MR) is 105 cm³/mol. The van der Waals surface area contributed by atoms with E-state index in [0.717, 1.165) is 11.4 Å². The number of unbranched alkanes of at least 4 members (excludes halogenated alkanes) is 2. The molecule has 0 amide bonds. The molecule has 1 heterocycles. The van der Waals surface area contributed by atoms with Crippen molar-refractivity contribution in [2.24, 2.45) is 5.92 Å². The number of hydrogen-bond donors (Lipinski definition) is 0. The standard InChI is InChI=1S/C11H10N.C8H17.C2H5.Al/c1-2-10-8-7-9-5-3-4-6-11(9)12-10;1-4-5-6-7-8(2)3;1-2;/h3-8H,1-2H2;8H,1,4-7H2,2-3H3;1H2,2H3;. The first-order valence-electron chi connectivity index (χ1n) is 9.53. The van der Waals surface area contributed by atoms with Crippen molar-refractivity contribution in [3.8, 4) is 0 Å². The van der Waals surface area contributed by atoms with Gasteiger partial charge in [-0.3, -0.25) is 4.98 Å². The smallest absolute Gasteiger partial charge is 0.253 e. The van der Waals surface area contributed by atoms with Crippen LogP contribution in [-0.2, 0) is 6.42 Å². The summed E-state index contributed by atoms with van der Waals surface area (Å²) in [4.78, 5) is 4.83. The highest BCUT2D eigenvalue weighted by atomic mass is 27.2. The van der Waals surface area contributed by atoms with Crippen molar-refractivity contribution in [1.29, 1.82) is 0 Å². The van der Waals surface area contributed by atoms with Gasteiger partial charge >= 0.3 is 0 Å². The van der Waals surface area contributed by atoms with Crippen LogP contribution in [0.2, 0.25) is 15.8 Å². The summed E-state index contributed by atoms with van der Waals surface area (Å²) in [7, 11) is 0. The van der Waals surface area contributed by atoms with Gasteiger partial charge in [-0.15, -0.1) is 0 Å². The third-order valence-electron chi connectivity index (χ3n) is 4.94. The van der Waals surface area contributed by atoms with Crippen LogP contribution in [0.1, 0.15) is 52.1 Å². The minimum atomic E-state index is -0.552. The Morgan fingerprint density at radius 3 is 2.57 bits per heavy atom. The highest BCUT2D eigenvalue weighted by molar-refractivity contribution is 6.58. The summed E-state index contributed by atoms with van der Waals surface area (Å²) in [5.74, 6) is 0.869. The molecular formula is C21H32AlN. The highest BCUT2D eigenvalue weighted by Gasteiger charge is 2.14. The SMILES string of the molecule is C[CH2][Al]([CH2]CCCCC(C)C)[CH2]Cc1ccc2ccccc2n1. The number of aryl methyl sites for hydroxylation is 1. The topological polar surface area (TPSA) is 12.9 Å². The van der Waals surface area contributed by atoms with Crippen LogP contribution < -0.4 is 0 Å². The van der Waals surface area contributed by atoms with E-state index in [0.29, 0.717) is 0 Å². The lowest BCUT2D eigenvalue weighted by atomic mass is 10.1. The molecule has 0 spiro atoms. The molecule has 23 heavy (non-hydrogen) atoms. The Kier molecular flexibility index (Phi) is 8.14. The molecule has 1 aromatic heterocycles. The molecule has 0 radical (unpaired) electrons. The second kappa shape index (κ2) is 10.1. The zero-order chi connectivity index (χ0) is 16.5. The molecule has 0 aliphatic rings. The van der Waals surface area contributed by atoms with Gasteiger partial charge < -0.3 is 0 Å². The van der Waals surface area contributed by atoms with Crippen molar-refractivity contribution in [2.45, 2.75) is 68.7 Å². The van der Waals surface area contributed by atoms with Gasteiger partial charge in [-0.05, 0) is 24.5 Å². The fourth-order valence-electron chi connectivity index (χ4n) is 3.31. The van der Waals surface area contributed by atoms with E-state index < -0.39 is 14.1 Å². The Labute approximate surface area is 146 Å². The molecular weight excluding hydrogens is 293 g/mol. The first-order valence-corrected chi connectivity index (χ1v) is 12.0. The van der Waals surface area contributed by atoms with Gasteiger partial charge in [0.05, 0.1) is 5.52 Å². The normalized spacial score (nSPS) is 11.3. The molecule has 0 atom stereocenters. The molecule has 2 heteroatoms. The van der Waals surface area contributed by atoms with Crippen LogP contribution in [0.4, 0.5) is 0 Å². The van der Waals surface area contributed by atoms with Gasteiger partial charge in [0.15, 0.2) is 0 Å². The summed E-state index contributed by atoms with van der Waals surface area (Å²) < 4.78 is 0. The van der Waals surface area contributed by atoms with Crippen molar-refractivity contribution in [2.75, 3.05) is 0 Å². The third-order valence-corrected chi connectivity index (χ3v) is 8.42.